The quantitative estimate of drug-likeness (QED) is 0.509. The summed E-state index contributed by atoms with van der Waals surface area (Å²) in [5.74, 6) is -2.37. The molecule has 3 amide bonds. The highest BCUT2D eigenvalue weighted by Gasteiger charge is 2.67. The molecule has 32 heavy (non-hydrogen) atoms. The Morgan fingerprint density at radius 2 is 1.75 bits per heavy atom. The second kappa shape index (κ2) is 8.80. The maximum atomic E-state index is 12.9. The Kier molecular flexibility index (Phi) is 6.40. The Balaban J connectivity index is 1.49. The number of amides is 3. The van der Waals surface area contributed by atoms with E-state index in [0.29, 0.717) is 21.3 Å². The van der Waals surface area contributed by atoms with Gasteiger partial charge in [-0.15, -0.1) is 23.2 Å². The van der Waals surface area contributed by atoms with E-state index < -0.39 is 34.1 Å². The molecule has 1 saturated heterocycles. The highest BCUT2D eigenvalue weighted by Crippen LogP contribution is 2.65. The number of alkyl halides is 2. The molecule has 0 spiro atoms. The summed E-state index contributed by atoms with van der Waals surface area (Å²) in [4.78, 5) is 36.9. The summed E-state index contributed by atoms with van der Waals surface area (Å²) in [5, 5.41) is 4.66. The third-order valence-electron chi connectivity index (χ3n) is 5.06. The number of halogens is 5. The minimum Gasteiger partial charge on any atom is -0.446 e. The lowest BCUT2D eigenvalue weighted by atomic mass is 10.1. The van der Waals surface area contributed by atoms with E-state index in [2.05, 4.69) is 10.7 Å². The van der Waals surface area contributed by atoms with Crippen molar-refractivity contribution in [3.05, 3.63) is 62.6 Å². The van der Waals surface area contributed by atoms with Gasteiger partial charge in [-0.2, -0.15) is 0 Å². The second-order valence-corrected chi connectivity index (χ2v) is 9.95. The van der Waals surface area contributed by atoms with Gasteiger partial charge in [0.1, 0.15) is 10.9 Å². The third-order valence-corrected chi connectivity index (χ3v) is 6.76. The van der Waals surface area contributed by atoms with Crippen LogP contribution in [-0.2, 0) is 9.53 Å². The number of ether oxygens (including phenoxy) is 1. The number of nitrogens with one attached hydrogen (secondary N) is 2. The number of carbonyl (C=O) groups excluding carboxylic acids is 3. The topological polar surface area (TPSA) is 87.7 Å². The van der Waals surface area contributed by atoms with Crippen LogP contribution in [-0.4, -0.2) is 40.4 Å². The molecule has 2 N–H and O–H groups in total. The molecule has 0 bridgehead atoms. The number of rotatable bonds is 5. The molecule has 7 nitrogen and oxygen atoms in total. The number of benzene rings is 2. The van der Waals surface area contributed by atoms with E-state index in [1.165, 1.54) is 18.2 Å². The molecule has 1 saturated carbocycles. The van der Waals surface area contributed by atoms with E-state index in [1.807, 2.05) is 0 Å². The molecular weight excluding hydrogens is 524 g/mol. The lowest BCUT2D eigenvalue weighted by Gasteiger charge is -2.15. The first kappa shape index (κ1) is 23.3. The molecule has 2 aliphatic rings. The van der Waals surface area contributed by atoms with Crippen molar-refractivity contribution in [3.63, 3.8) is 0 Å². The molecule has 2 aromatic rings. The standard InChI is InChI=1S/C20H14Cl5N3O4/c21-10-5-9(6-11(22)7-10)15-16(20(15,24)25)18(30)26-12-1-2-14(23)13(8-12)17(29)27-28-3-4-32-19(28)31/h1-2,5-8,15-16H,3-4H2,(H,26,30)(H,27,29). The second-order valence-electron chi connectivity index (χ2n) is 7.22. The number of anilines is 1. The Hall–Kier alpha value is -1.90. The Morgan fingerprint density at radius 3 is 2.38 bits per heavy atom. The average molecular weight is 538 g/mol. The van der Waals surface area contributed by atoms with Crippen LogP contribution in [0.2, 0.25) is 15.1 Å². The zero-order chi connectivity index (χ0) is 23.2. The predicted octanol–water partition coefficient (Wildman–Crippen LogP) is 5.27. The van der Waals surface area contributed by atoms with Crippen molar-refractivity contribution in [2.24, 2.45) is 5.92 Å². The predicted molar refractivity (Wildman–Crippen MR) is 123 cm³/mol. The smallest absolute Gasteiger partial charge is 0.428 e. The first-order chi connectivity index (χ1) is 15.1. The molecule has 1 aliphatic carbocycles. The molecule has 0 aromatic heterocycles. The van der Waals surface area contributed by atoms with E-state index >= 15 is 0 Å². The molecule has 2 atom stereocenters. The molecule has 1 heterocycles. The first-order valence-corrected chi connectivity index (χ1v) is 11.2. The van der Waals surface area contributed by atoms with Crippen LogP contribution >= 0.6 is 58.0 Å². The van der Waals surface area contributed by atoms with Gasteiger partial charge in [-0.05, 0) is 42.0 Å². The number of nitrogens with zero attached hydrogens (tertiary/aromatic N) is 1. The van der Waals surface area contributed by atoms with Crippen molar-refractivity contribution < 1.29 is 19.1 Å². The third kappa shape index (κ3) is 4.58. The lowest BCUT2D eigenvalue weighted by Crippen LogP contribution is -2.42. The van der Waals surface area contributed by atoms with Gasteiger partial charge in [0, 0.05) is 21.7 Å². The zero-order valence-corrected chi connectivity index (χ0v) is 19.8. The largest absolute Gasteiger partial charge is 0.446 e. The molecular formula is C20H14Cl5N3O4. The van der Waals surface area contributed by atoms with Crippen LogP contribution in [0.15, 0.2) is 36.4 Å². The summed E-state index contributed by atoms with van der Waals surface area (Å²) < 4.78 is 3.42. The fourth-order valence-electron chi connectivity index (χ4n) is 3.50. The van der Waals surface area contributed by atoms with E-state index in [0.717, 1.165) is 5.01 Å². The lowest BCUT2D eigenvalue weighted by molar-refractivity contribution is -0.117. The van der Waals surface area contributed by atoms with Gasteiger partial charge in [0.15, 0.2) is 0 Å². The van der Waals surface area contributed by atoms with Crippen molar-refractivity contribution in [1.29, 1.82) is 0 Å². The van der Waals surface area contributed by atoms with Crippen LogP contribution in [0.25, 0.3) is 0 Å². The molecule has 2 unspecified atom stereocenters. The fraction of sp³-hybridized carbons (Fsp3) is 0.250. The summed E-state index contributed by atoms with van der Waals surface area (Å²) >= 11 is 31.0. The Labute approximate surface area is 207 Å². The Bertz CT molecular complexity index is 1110. The van der Waals surface area contributed by atoms with Gasteiger partial charge in [-0.3, -0.25) is 15.0 Å². The van der Waals surface area contributed by atoms with Crippen LogP contribution in [0.5, 0.6) is 0 Å². The normalized spacial score (nSPS) is 21.2. The first-order valence-electron chi connectivity index (χ1n) is 9.27. The number of carbonyl (C=O) groups is 3. The van der Waals surface area contributed by atoms with Gasteiger partial charge in [0.2, 0.25) is 5.91 Å². The molecule has 2 fully saturated rings. The number of cyclic esters (lactones) is 1. The monoisotopic (exact) mass is 535 g/mol. The van der Waals surface area contributed by atoms with Gasteiger partial charge >= 0.3 is 6.09 Å². The zero-order valence-electron chi connectivity index (χ0n) is 16.0. The molecule has 4 rings (SSSR count). The maximum absolute atomic E-state index is 12.9. The van der Waals surface area contributed by atoms with E-state index in [9.17, 15) is 14.4 Å². The van der Waals surface area contributed by atoms with Crippen LogP contribution in [0.1, 0.15) is 21.8 Å². The van der Waals surface area contributed by atoms with E-state index in [4.69, 9.17) is 62.7 Å². The number of hydrazine groups is 1. The van der Waals surface area contributed by atoms with Crippen molar-refractivity contribution in [2.75, 3.05) is 18.5 Å². The average Bonchev–Trinajstić information content (AvgIpc) is 3.07. The van der Waals surface area contributed by atoms with E-state index in [1.54, 1.807) is 18.2 Å². The van der Waals surface area contributed by atoms with Gasteiger partial charge in [0.25, 0.3) is 5.91 Å². The van der Waals surface area contributed by atoms with Gasteiger partial charge in [-0.25, -0.2) is 9.80 Å². The van der Waals surface area contributed by atoms with Crippen molar-refractivity contribution >= 4 is 81.6 Å². The maximum Gasteiger partial charge on any atom is 0.428 e. The summed E-state index contributed by atoms with van der Waals surface area (Å²) in [5.41, 5.74) is 3.40. The molecule has 12 heteroatoms. The van der Waals surface area contributed by atoms with Crippen molar-refractivity contribution in [1.82, 2.24) is 10.4 Å². The molecule has 0 radical (unpaired) electrons. The van der Waals surface area contributed by atoms with Crippen molar-refractivity contribution in [3.8, 4) is 0 Å². The summed E-state index contributed by atoms with van der Waals surface area (Å²) in [6.45, 7) is 0.380. The molecule has 168 valence electrons. The summed E-state index contributed by atoms with van der Waals surface area (Å²) in [7, 11) is 0. The highest BCUT2D eigenvalue weighted by atomic mass is 35.5. The minimum absolute atomic E-state index is 0.0566. The SMILES string of the molecule is O=C(NN1CCOC1=O)c1cc(NC(=O)C2C(c3cc(Cl)cc(Cl)c3)C2(Cl)Cl)ccc1Cl. The fourth-order valence-corrected chi connectivity index (χ4v) is 5.07. The Morgan fingerprint density at radius 1 is 1.06 bits per heavy atom. The summed E-state index contributed by atoms with van der Waals surface area (Å²) in [6, 6.07) is 9.23. The number of hydrogen-bond donors (Lipinski definition) is 2. The van der Waals surface area contributed by atoms with Crippen LogP contribution in [0, 0.1) is 5.92 Å². The molecule has 1 aliphatic heterocycles. The van der Waals surface area contributed by atoms with Crippen LogP contribution in [0.3, 0.4) is 0 Å². The highest BCUT2D eigenvalue weighted by molar-refractivity contribution is 6.53. The van der Waals surface area contributed by atoms with Gasteiger partial charge in [0.05, 0.1) is 23.0 Å². The van der Waals surface area contributed by atoms with Gasteiger partial charge < -0.3 is 10.1 Å². The van der Waals surface area contributed by atoms with Gasteiger partial charge in [-0.1, -0.05) is 34.8 Å². The van der Waals surface area contributed by atoms with Crippen LogP contribution < -0.4 is 10.7 Å². The van der Waals surface area contributed by atoms with Crippen molar-refractivity contribution in [2.45, 2.75) is 10.3 Å². The minimum atomic E-state index is -1.35. The van der Waals surface area contributed by atoms with E-state index in [-0.39, 0.29) is 23.7 Å². The van der Waals surface area contributed by atoms with Crippen LogP contribution in [0.4, 0.5) is 10.5 Å². The number of hydrogen-bond acceptors (Lipinski definition) is 4. The summed E-state index contributed by atoms with van der Waals surface area (Å²) in [6.07, 6.45) is -0.666. The molecule has 2 aromatic carbocycles.